The zero-order chi connectivity index (χ0) is 11.8. The summed E-state index contributed by atoms with van der Waals surface area (Å²) in [5, 5.41) is 4.06. The number of nitrogens with zero attached hydrogens (tertiary/aromatic N) is 2. The minimum absolute atomic E-state index is 0.264. The highest BCUT2D eigenvalue weighted by molar-refractivity contribution is 5.78. The minimum Gasteiger partial charge on any atom is -0.381 e. The van der Waals surface area contributed by atoms with E-state index in [0.29, 0.717) is 19.4 Å². The molecule has 0 fully saturated rings. The Labute approximate surface area is 96.6 Å². The van der Waals surface area contributed by atoms with E-state index in [1.54, 1.807) is 10.9 Å². The van der Waals surface area contributed by atoms with Crippen molar-refractivity contribution in [1.82, 2.24) is 9.78 Å². The summed E-state index contributed by atoms with van der Waals surface area (Å²) >= 11 is 0. The standard InChI is InChI=1S/C12H20N2O2/c1-3-7-16-8-6-12(15)5-4-11-9-13-14(2)10-11/h9-10H,3-8H2,1-2H3. The molecular formula is C12H20N2O2. The third-order valence-corrected chi connectivity index (χ3v) is 2.32. The molecule has 0 saturated heterocycles. The highest BCUT2D eigenvalue weighted by atomic mass is 16.5. The molecule has 1 aromatic heterocycles. The van der Waals surface area contributed by atoms with Crippen LogP contribution >= 0.6 is 0 Å². The van der Waals surface area contributed by atoms with Gasteiger partial charge in [0.05, 0.1) is 12.8 Å². The number of aryl methyl sites for hydroxylation is 2. The summed E-state index contributed by atoms with van der Waals surface area (Å²) in [4.78, 5) is 11.5. The lowest BCUT2D eigenvalue weighted by molar-refractivity contribution is -0.120. The van der Waals surface area contributed by atoms with Crippen LogP contribution in [0.15, 0.2) is 12.4 Å². The third-order valence-electron chi connectivity index (χ3n) is 2.32. The monoisotopic (exact) mass is 224 g/mol. The van der Waals surface area contributed by atoms with Gasteiger partial charge in [0.15, 0.2) is 0 Å². The first kappa shape index (κ1) is 12.9. The van der Waals surface area contributed by atoms with Gasteiger partial charge in [0.1, 0.15) is 5.78 Å². The van der Waals surface area contributed by atoms with Crippen molar-refractivity contribution in [2.24, 2.45) is 7.05 Å². The first-order valence-electron chi connectivity index (χ1n) is 5.79. The average Bonchev–Trinajstić information content (AvgIpc) is 2.68. The van der Waals surface area contributed by atoms with Crippen molar-refractivity contribution in [2.75, 3.05) is 13.2 Å². The lowest BCUT2D eigenvalue weighted by atomic mass is 10.1. The van der Waals surface area contributed by atoms with Gasteiger partial charge < -0.3 is 4.74 Å². The first-order chi connectivity index (χ1) is 7.72. The molecular weight excluding hydrogens is 204 g/mol. The Balaban J connectivity index is 2.10. The van der Waals surface area contributed by atoms with Crippen molar-refractivity contribution >= 4 is 5.78 Å². The number of ether oxygens (including phenoxy) is 1. The zero-order valence-electron chi connectivity index (χ0n) is 10.1. The average molecular weight is 224 g/mol. The SMILES string of the molecule is CCCOCCC(=O)CCc1cnn(C)c1. The van der Waals surface area contributed by atoms with Gasteiger partial charge in [-0.25, -0.2) is 0 Å². The van der Waals surface area contributed by atoms with Crippen LogP contribution < -0.4 is 0 Å². The fourth-order valence-electron chi connectivity index (χ4n) is 1.44. The summed E-state index contributed by atoms with van der Waals surface area (Å²) in [5.74, 6) is 0.264. The van der Waals surface area contributed by atoms with Gasteiger partial charge in [-0.05, 0) is 18.4 Å². The highest BCUT2D eigenvalue weighted by Gasteiger charge is 2.03. The van der Waals surface area contributed by atoms with Crippen molar-refractivity contribution < 1.29 is 9.53 Å². The molecule has 0 atom stereocenters. The second-order valence-corrected chi connectivity index (χ2v) is 3.92. The Kier molecular flexibility index (Phi) is 5.78. The summed E-state index contributed by atoms with van der Waals surface area (Å²) in [5.41, 5.74) is 1.12. The van der Waals surface area contributed by atoms with E-state index in [1.807, 2.05) is 13.2 Å². The number of aromatic nitrogens is 2. The zero-order valence-corrected chi connectivity index (χ0v) is 10.1. The van der Waals surface area contributed by atoms with E-state index in [-0.39, 0.29) is 5.78 Å². The molecule has 0 amide bonds. The fourth-order valence-corrected chi connectivity index (χ4v) is 1.44. The highest BCUT2D eigenvalue weighted by Crippen LogP contribution is 2.03. The molecule has 0 bridgehead atoms. The van der Waals surface area contributed by atoms with Gasteiger partial charge >= 0.3 is 0 Å². The van der Waals surface area contributed by atoms with E-state index in [1.165, 1.54) is 0 Å². The molecule has 0 aliphatic heterocycles. The molecule has 0 aliphatic rings. The van der Waals surface area contributed by atoms with Gasteiger partial charge in [0, 0.05) is 32.7 Å². The second kappa shape index (κ2) is 7.17. The molecule has 90 valence electrons. The molecule has 0 radical (unpaired) electrons. The number of hydrogen-bond donors (Lipinski definition) is 0. The smallest absolute Gasteiger partial charge is 0.135 e. The topological polar surface area (TPSA) is 44.1 Å². The Hall–Kier alpha value is -1.16. The summed E-state index contributed by atoms with van der Waals surface area (Å²) in [6, 6.07) is 0. The summed E-state index contributed by atoms with van der Waals surface area (Å²) < 4.78 is 7.03. The Morgan fingerprint density at radius 3 is 2.88 bits per heavy atom. The largest absolute Gasteiger partial charge is 0.381 e. The van der Waals surface area contributed by atoms with Crippen molar-refractivity contribution in [3.8, 4) is 0 Å². The molecule has 0 spiro atoms. The Bertz CT molecular complexity index is 321. The van der Waals surface area contributed by atoms with Crippen molar-refractivity contribution in [3.63, 3.8) is 0 Å². The molecule has 1 aromatic rings. The van der Waals surface area contributed by atoms with Gasteiger partial charge in [-0.2, -0.15) is 5.10 Å². The van der Waals surface area contributed by atoms with Crippen LogP contribution in [0, 0.1) is 0 Å². The predicted octanol–water partition coefficient (Wildman–Crippen LogP) is 1.74. The molecule has 16 heavy (non-hydrogen) atoms. The number of carbonyl (C=O) groups excluding carboxylic acids is 1. The maximum Gasteiger partial charge on any atom is 0.135 e. The molecule has 0 saturated carbocycles. The summed E-state index contributed by atoms with van der Waals surface area (Å²) in [6.45, 7) is 3.36. The van der Waals surface area contributed by atoms with Crippen molar-refractivity contribution in [1.29, 1.82) is 0 Å². The molecule has 0 aromatic carbocycles. The van der Waals surface area contributed by atoms with Gasteiger partial charge in [-0.1, -0.05) is 6.92 Å². The van der Waals surface area contributed by atoms with E-state index in [2.05, 4.69) is 12.0 Å². The number of carbonyl (C=O) groups is 1. The number of ketones is 1. The van der Waals surface area contributed by atoms with Crippen LogP contribution in [-0.2, 0) is 23.0 Å². The third kappa shape index (κ3) is 5.07. The van der Waals surface area contributed by atoms with Gasteiger partial charge in [0.25, 0.3) is 0 Å². The first-order valence-corrected chi connectivity index (χ1v) is 5.79. The second-order valence-electron chi connectivity index (χ2n) is 3.92. The summed E-state index contributed by atoms with van der Waals surface area (Å²) in [7, 11) is 1.88. The van der Waals surface area contributed by atoms with Crippen LogP contribution in [0.5, 0.6) is 0 Å². The molecule has 0 N–H and O–H groups in total. The fraction of sp³-hybridized carbons (Fsp3) is 0.667. The lowest BCUT2D eigenvalue weighted by Crippen LogP contribution is -2.05. The Morgan fingerprint density at radius 2 is 2.25 bits per heavy atom. The van der Waals surface area contributed by atoms with Crippen LogP contribution in [-0.4, -0.2) is 28.8 Å². The van der Waals surface area contributed by atoms with Crippen LogP contribution in [0.25, 0.3) is 0 Å². The lowest BCUT2D eigenvalue weighted by Gasteiger charge is -2.01. The van der Waals surface area contributed by atoms with E-state index >= 15 is 0 Å². The number of rotatable bonds is 8. The van der Waals surface area contributed by atoms with E-state index in [9.17, 15) is 4.79 Å². The summed E-state index contributed by atoms with van der Waals surface area (Å²) in [6.07, 6.45) is 6.65. The molecule has 0 aliphatic carbocycles. The van der Waals surface area contributed by atoms with Crippen molar-refractivity contribution in [2.45, 2.75) is 32.6 Å². The van der Waals surface area contributed by atoms with Gasteiger partial charge in [-0.3, -0.25) is 9.48 Å². The molecule has 0 unspecified atom stereocenters. The van der Waals surface area contributed by atoms with E-state index in [4.69, 9.17) is 4.74 Å². The number of hydrogen-bond acceptors (Lipinski definition) is 3. The van der Waals surface area contributed by atoms with Crippen LogP contribution in [0.3, 0.4) is 0 Å². The van der Waals surface area contributed by atoms with Crippen LogP contribution in [0.4, 0.5) is 0 Å². The maximum atomic E-state index is 11.5. The van der Waals surface area contributed by atoms with Crippen molar-refractivity contribution in [3.05, 3.63) is 18.0 Å². The molecule has 1 heterocycles. The molecule has 4 heteroatoms. The molecule has 1 rings (SSSR count). The van der Waals surface area contributed by atoms with E-state index < -0.39 is 0 Å². The van der Waals surface area contributed by atoms with Gasteiger partial charge in [-0.15, -0.1) is 0 Å². The minimum atomic E-state index is 0.264. The maximum absolute atomic E-state index is 11.5. The molecule has 4 nitrogen and oxygen atoms in total. The van der Waals surface area contributed by atoms with E-state index in [0.717, 1.165) is 25.0 Å². The van der Waals surface area contributed by atoms with Crippen LogP contribution in [0.2, 0.25) is 0 Å². The normalized spacial score (nSPS) is 10.6. The number of Topliss-reactive ketones (excluding diaryl/α,β-unsaturated/α-hetero) is 1. The Morgan fingerprint density at radius 1 is 1.44 bits per heavy atom. The predicted molar refractivity (Wildman–Crippen MR) is 62.3 cm³/mol. The quantitative estimate of drug-likeness (QED) is 0.632. The van der Waals surface area contributed by atoms with Gasteiger partial charge in [0.2, 0.25) is 0 Å². The van der Waals surface area contributed by atoms with Crippen LogP contribution in [0.1, 0.15) is 31.7 Å².